The molecule has 0 aromatic heterocycles. The Morgan fingerprint density at radius 2 is 1.84 bits per heavy atom. The molecule has 0 radical (unpaired) electrons. The number of aliphatic hydroxyl groups is 1. The lowest BCUT2D eigenvalue weighted by molar-refractivity contribution is -0.183. The summed E-state index contributed by atoms with van der Waals surface area (Å²) in [5, 5.41) is 11.8. The molecule has 4 aliphatic rings. The molecule has 3 fully saturated rings. The van der Waals surface area contributed by atoms with Gasteiger partial charge in [0.1, 0.15) is 6.61 Å². The molecule has 1 N–H and O–H groups in total. The topological polar surface area (TPSA) is 133 Å². The third kappa shape index (κ3) is 5.47. The van der Waals surface area contributed by atoms with Gasteiger partial charge in [0.05, 0.1) is 17.6 Å². The number of carbonyl (C=O) groups is 3. The van der Waals surface area contributed by atoms with E-state index < -0.39 is 51.2 Å². The van der Waals surface area contributed by atoms with E-state index in [1.54, 1.807) is 24.3 Å². The van der Waals surface area contributed by atoms with Gasteiger partial charge in [-0.25, -0.2) is 4.79 Å². The average Bonchev–Trinajstić information content (AvgIpc) is 3.26. The molecule has 0 saturated heterocycles. The molecule has 4 aliphatic carbocycles. The van der Waals surface area contributed by atoms with E-state index in [4.69, 9.17) is 13.7 Å². The highest BCUT2D eigenvalue weighted by molar-refractivity contribution is 7.86. The van der Waals surface area contributed by atoms with Crippen LogP contribution < -0.4 is 0 Å². The first-order valence-electron chi connectivity index (χ1n) is 15.6. The highest BCUT2D eigenvalue weighted by Crippen LogP contribution is 2.68. The van der Waals surface area contributed by atoms with Crippen molar-refractivity contribution in [2.45, 2.75) is 89.7 Å². The number of carbonyl (C=O) groups excluding carboxylic acids is 3. The summed E-state index contributed by atoms with van der Waals surface area (Å²) in [6.45, 7) is 8.96. The number of allylic oxidation sites excluding steroid dienone is 4. The van der Waals surface area contributed by atoms with Crippen molar-refractivity contribution in [3.63, 3.8) is 0 Å². The van der Waals surface area contributed by atoms with E-state index in [1.165, 1.54) is 12.1 Å². The minimum absolute atomic E-state index is 0.0182. The molecule has 240 valence electrons. The van der Waals surface area contributed by atoms with Gasteiger partial charge in [0.2, 0.25) is 5.78 Å². The molecule has 2 unspecified atom stereocenters. The van der Waals surface area contributed by atoms with Crippen LogP contribution >= 0.6 is 0 Å². The molecule has 44 heavy (non-hydrogen) atoms. The normalized spacial score (nSPS) is 35.1. The van der Waals surface area contributed by atoms with Crippen molar-refractivity contribution in [3.05, 3.63) is 53.6 Å². The minimum atomic E-state index is -4.27. The van der Waals surface area contributed by atoms with Gasteiger partial charge < -0.3 is 14.6 Å². The Bertz CT molecular complexity index is 1480. The Hall–Kier alpha value is -2.82. The molecule has 3 saturated carbocycles. The van der Waals surface area contributed by atoms with E-state index in [-0.39, 0.29) is 53.8 Å². The number of rotatable bonds is 9. The molecule has 5 rings (SSSR count). The van der Waals surface area contributed by atoms with Crippen LogP contribution in [0.4, 0.5) is 4.79 Å². The van der Waals surface area contributed by atoms with Gasteiger partial charge in [-0.3, -0.25) is 13.8 Å². The van der Waals surface area contributed by atoms with Crippen LogP contribution in [0.25, 0.3) is 0 Å². The SMILES string of the molecule is CCC(C)COC(=O)O[C@]1(C(=O)COS(=O)(=O)c2ccc(C)cc2)CC[C@H]2[C@@H]3CCC4=CC(=O)C=C[C@]4(C)[C@H]3C(O)C[C@@]21C. The summed E-state index contributed by atoms with van der Waals surface area (Å²) in [5.41, 5.74) is -1.39. The molecular weight excluding hydrogens is 584 g/mol. The summed E-state index contributed by atoms with van der Waals surface area (Å²) < 4.78 is 42.8. The van der Waals surface area contributed by atoms with Crippen LogP contribution in [0.3, 0.4) is 0 Å². The van der Waals surface area contributed by atoms with Crippen LogP contribution in [0.2, 0.25) is 0 Å². The molecule has 0 heterocycles. The van der Waals surface area contributed by atoms with Crippen LogP contribution in [0.1, 0.15) is 71.8 Å². The zero-order chi connectivity index (χ0) is 32.1. The Labute approximate surface area is 260 Å². The van der Waals surface area contributed by atoms with Gasteiger partial charge in [-0.2, -0.15) is 8.42 Å². The van der Waals surface area contributed by atoms with E-state index in [0.717, 1.165) is 17.6 Å². The zero-order valence-corrected chi connectivity index (χ0v) is 27.0. The first kappa shape index (κ1) is 32.6. The van der Waals surface area contributed by atoms with Gasteiger partial charge >= 0.3 is 6.16 Å². The lowest BCUT2D eigenvalue weighted by Crippen LogP contribution is -2.63. The Morgan fingerprint density at radius 3 is 2.52 bits per heavy atom. The van der Waals surface area contributed by atoms with Crippen LogP contribution in [-0.4, -0.2) is 56.2 Å². The molecular formula is C34H44O9S. The van der Waals surface area contributed by atoms with Gasteiger partial charge in [-0.05, 0) is 81.1 Å². The third-order valence-corrected chi connectivity index (χ3v) is 12.4. The summed E-state index contributed by atoms with van der Waals surface area (Å²) in [4.78, 5) is 39.5. The monoisotopic (exact) mass is 628 g/mol. The van der Waals surface area contributed by atoms with Gasteiger partial charge in [0.25, 0.3) is 10.1 Å². The predicted molar refractivity (Wildman–Crippen MR) is 162 cm³/mol. The number of Topliss-reactive ketones (excluding diaryl/α,β-unsaturated/α-hetero) is 1. The van der Waals surface area contributed by atoms with Crippen molar-refractivity contribution in [1.29, 1.82) is 0 Å². The first-order chi connectivity index (χ1) is 20.7. The second-order valence-electron chi connectivity index (χ2n) is 13.7. The molecule has 8 atom stereocenters. The molecule has 0 amide bonds. The van der Waals surface area contributed by atoms with E-state index in [0.29, 0.717) is 19.3 Å². The van der Waals surface area contributed by atoms with Crippen LogP contribution in [0, 0.1) is 41.4 Å². The fourth-order valence-electron chi connectivity index (χ4n) is 8.52. The second-order valence-corrected chi connectivity index (χ2v) is 15.3. The van der Waals surface area contributed by atoms with Crippen molar-refractivity contribution in [1.82, 2.24) is 0 Å². The summed E-state index contributed by atoms with van der Waals surface area (Å²) >= 11 is 0. The maximum absolute atomic E-state index is 14.2. The fraction of sp³-hybridized carbons (Fsp3) is 0.618. The summed E-state index contributed by atoms with van der Waals surface area (Å²) in [5.74, 6) is -0.958. The van der Waals surface area contributed by atoms with Gasteiger partial charge in [-0.1, -0.05) is 63.5 Å². The fourth-order valence-corrected chi connectivity index (χ4v) is 9.38. The smallest absolute Gasteiger partial charge is 0.434 e. The molecule has 9 nitrogen and oxygen atoms in total. The van der Waals surface area contributed by atoms with Crippen molar-refractivity contribution in [3.8, 4) is 0 Å². The van der Waals surface area contributed by atoms with Crippen molar-refractivity contribution in [2.24, 2.45) is 34.5 Å². The Balaban J connectivity index is 1.46. The predicted octanol–water partition coefficient (Wildman–Crippen LogP) is 5.49. The van der Waals surface area contributed by atoms with Gasteiger partial charge in [0.15, 0.2) is 11.4 Å². The summed E-state index contributed by atoms with van der Waals surface area (Å²) in [6.07, 6.45) is 6.33. The molecule has 1 aromatic rings. The largest absolute Gasteiger partial charge is 0.509 e. The molecule has 1 aromatic carbocycles. The quantitative estimate of drug-likeness (QED) is 0.279. The highest BCUT2D eigenvalue weighted by atomic mass is 32.2. The standard InChI is InChI=1S/C34H44O9S/c1-6-21(2)19-41-31(38)43-34(29(37)20-42-44(39,40)25-10-7-22(3)8-11-25)16-14-27-26-12-9-23-17-24(35)13-15-32(23,4)30(26)28(36)18-33(27,34)5/h7-8,10-11,13,15,17,21,26-28,30,36H,6,9,12,14,16,18-20H2,1-5H3/t21?,26-,27-,28?,30+,32-,33-,34-/m0/s1. The maximum Gasteiger partial charge on any atom is 0.509 e. The maximum atomic E-state index is 14.2. The van der Waals surface area contributed by atoms with Crippen molar-refractivity contribution >= 4 is 27.8 Å². The number of hydrogen-bond acceptors (Lipinski definition) is 9. The average molecular weight is 629 g/mol. The number of hydrogen-bond donors (Lipinski definition) is 1. The molecule has 10 heteroatoms. The number of aryl methyl sites for hydroxylation is 1. The van der Waals surface area contributed by atoms with Gasteiger partial charge in [-0.15, -0.1) is 0 Å². The van der Waals surface area contributed by atoms with Crippen LogP contribution in [0.15, 0.2) is 53.0 Å². The number of fused-ring (bicyclic) bond motifs is 5. The van der Waals surface area contributed by atoms with Crippen LogP contribution in [-0.2, 0) is 33.4 Å². The Morgan fingerprint density at radius 1 is 1.14 bits per heavy atom. The summed E-state index contributed by atoms with van der Waals surface area (Å²) in [6, 6.07) is 6.11. The lowest BCUT2D eigenvalue weighted by Gasteiger charge is -2.59. The van der Waals surface area contributed by atoms with Crippen LogP contribution in [0.5, 0.6) is 0 Å². The number of benzene rings is 1. The van der Waals surface area contributed by atoms with Crippen molar-refractivity contribution < 1.29 is 41.6 Å². The Kier molecular flexibility index (Phi) is 8.76. The van der Waals surface area contributed by atoms with E-state index in [9.17, 15) is 27.9 Å². The zero-order valence-electron chi connectivity index (χ0n) is 26.2. The molecule has 0 bridgehead atoms. The minimum Gasteiger partial charge on any atom is -0.434 e. The van der Waals surface area contributed by atoms with Gasteiger partial charge in [0, 0.05) is 16.7 Å². The van der Waals surface area contributed by atoms with Crippen molar-refractivity contribution in [2.75, 3.05) is 13.2 Å². The van der Waals surface area contributed by atoms with E-state index in [2.05, 4.69) is 6.92 Å². The first-order valence-corrected chi connectivity index (χ1v) is 17.0. The second kappa shape index (κ2) is 11.8. The van der Waals surface area contributed by atoms with E-state index in [1.807, 2.05) is 33.8 Å². The number of ketones is 2. The molecule has 0 aliphatic heterocycles. The summed E-state index contributed by atoms with van der Waals surface area (Å²) in [7, 11) is -4.27. The third-order valence-electron chi connectivity index (χ3n) is 11.2. The number of ether oxygens (including phenoxy) is 2. The number of aliphatic hydroxyl groups excluding tert-OH is 1. The molecule has 0 spiro atoms. The lowest BCUT2D eigenvalue weighted by atomic mass is 9.46. The highest BCUT2D eigenvalue weighted by Gasteiger charge is 2.70. The van der Waals surface area contributed by atoms with E-state index >= 15 is 0 Å².